The maximum Gasteiger partial charge on any atom is 0.306 e. The van der Waals surface area contributed by atoms with E-state index in [0.717, 1.165) is 83.5 Å². The predicted octanol–water partition coefficient (Wildman–Crippen LogP) is 18.0. The molecule has 0 unspecified atom stereocenters. The molecule has 0 N–H and O–H groups in total. The molecule has 0 aromatic carbocycles. The molecule has 65 heavy (non-hydrogen) atoms. The van der Waals surface area contributed by atoms with Crippen molar-refractivity contribution >= 4 is 17.9 Å². The van der Waals surface area contributed by atoms with Crippen molar-refractivity contribution in [2.24, 2.45) is 0 Å². The molecule has 0 bridgehead atoms. The summed E-state index contributed by atoms with van der Waals surface area (Å²) >= 11 is 0. The van der Waals surface area contributed by atoms with E-state index in [9.17, 15) is 14.4 Å². The molecule has 0 aliphatic rings. The molecule has 0 saturated carbocycles. The van der Waals surface area contributed by atoms with Crippen LogP contribution in [0.5, 0.6) is 0 Å². The van der Waals surface area contributed by atoms with Crippen molar-refractivity contribution in [1.82, 2.24) is 0 Å². The minimum atomic E-state index is -0.808. The lowest BCUT2D eigenvalue weighted by Crippen LogP contribution is -2.30. The van der Waals surface area contributed by atoms with Crippen LogP contribution >= 0.6 is 0 Å². The second-order valence-electron chi connectivity index (χ2n) is 17.8. The first-order chi connectivity index (χ1) is 32.0. The summed E-state index contributed by atoms with van der Waals surface area (Å²) in [5.41, 5.74) is 0. The Morgan fingerprint density at radius 3 is 1.03 bits per heavy atom. The zero-order valence-electron chi connectivity index (χ0n) is 42.5. The van der Waals surface area contributed by atoms with Crippen molar-refractivity contribution in [2.75, 3.05) is 13.2 Å². The molecule has 0 aromatic rings. The van der Waals surface area contributed by atoms with E-state index in [-0.39, 0.29) is 37.5 Å². The third-order valence-corrected chi connectivity index (χ3v) is 11.4. The van der Waals surface area contributed by atoms with Gasteiger partial charge in [0.2, 0.25) is 0 Å². The van der Waals surface area contributed by atoms with Crippen LogP contribution in [0.25, 0.3) is 0 Å². The number of hydrogen-bond donors (Lipinski definition) is 0. The predicted molar refractivity (Wildman–Crippen MR) is 279 cm³/mol. The molecule has 0 aliphatic carbocycles. The third-order valence-electron chi connectivity index (χ3n) is 11.4. The first-order valence-electron chi connectivity index (χ1n) is 27.1. The topological polar surface area (TPSA) is 78.9 Å². The van der Waals surface area contributed by atoms with Gasteiger partial charge in [-0.1, -0.05) is 234 Å². The highest BCUT2D eigenvalue weighted by Crippen LogP contribution is 2.15. The number of esters is 3. The molecule has 0 heterocycles. The van der Waals surface area contributed by atoms with Gasteiger partial charge in [0, 0.05) is 19.3 Å². The van der Waals surface area contributed by atoms with Crippen LogP contribution in [0.15, 0.2) is 85.1 Å². The molecule has 0 radical (unpaired) electrons. The molecule has 0 aromatic heterocycles. The smallest absolute Gasteiger partial charge is 0.306 e. The van der Waals surface area contributed by atoms with Crippen molar-refractivity contribution in [2.45, 2.75) is 258 Å². The van der Waals surface area contributed by atoms with Crippen LogP contribution in [-0.4, -0.2) is 37.2 Å². The Bertz CT molecular complexity index is 1270. The molecule has 0 saturated heterocycles. The molecule has 0 amide bonds. The highest BCUT2D eigenvalue weighted by atomic mass is 16.6. The number of carbonyl (C=O) groups is 3. The summed E-state index contributed by atoms with van der Waals surface area (Å²) in [7, 11) is 0. The van der Waals surface area contributed by atoms with E-state index in [4.69, 9.17) is 14.2 Å². The van der Waals surface area contributed by atoms with Gasteiger partial charge in [-0.2, -0.15) is 0 Å². The van der Waals surface area contributed by atoms with Gasteiger partial charge in [-0.15, -0.1) is 0 Å². The minimum absolute atomic E-state index is 0.102. The number of unbranched alkanes of at least 4 members (excludes halogenated alkanes) is 23. The number of carbonyl (C=O) groups excluding carboxylic acids is 3. The molecule has 0 aliphatic heterocycles. The largest absolute Gasteiger partial charge is 0.462 e. The van der Waals surface area contributed by atoms with Gasteiger partial charge < -0.3 is 14.2 Å². The molecular formula is C59H100O6. The van der Waals surface area contributed by atoms with Crippen LogP contribution in [0.4, 0.5) is 0 Å². The molecule has 372 valence electrons. The second-order valence-corrected chi connectivity index (χ2v) is 17.8. The molecule has 6 heteroatoms. The van der Waals surface area contributed by atoms with Crippen molar-refractivity contribution in [3.8, 4) is 0 Å². The Morgan fingerprint density at radius 1 is 0.323 bits per heavy atom. The lowest BCUT2D eigenvalue weighted by molar-refractivity contribution is -0.166. The van der Waals surface area contributed by atoms with Gasteiger partial charge in [-0.05, 0) is 83.5 Å². The molecule has 6 nitrogen and oxygen atoms in total. The Balaban J connectivity index is 4.49. The zero-order chi connectivity index (χ0) is 47.2. The number of hydrogen-bond acceptors (Lipinski definition) is 6. The monoisotopic (exact) mass is 905 g/mol. The SMILES string of the molecule is CC/C=C\C/C=C\C/C=C\C/C=C\C/C=C\C/C=C\CCC(=O)OC[C@H](COC(=O)CCCCCCC/C=C\CCCCCCCC)OC(=O)CCCCCCCCCCCCCCC. The molecular weight excluding hydrogens is 805 g/mol. The summed E-state index contributed by atoms with van der Waals surface area (Å²) in [6.45, 7) is 6.45. The van der Waals surface area contributed by atoms with E-state index >= 15 is 0 Å². The first kappa shape index (κ1) is 61.6. The second kappa shape index (κ2) is 53.2. The van der Waals surface area contributed by atoms with Gasteiger partial charge in [-0.3, -0.25) is 14.4 Å². The highest BCUT2D eigenvalue weighted by Gasteiger charge is 2.19. The summed E-state index contributed by atoms with van der Waals surface area (Å²) in [6.07, 6.45) is 68.6. The molecule has 1 atom stereocenters. The van der Waals surface area contributed by atoms with Crippen LogP contribution < -0.4 is 0 Å². The van der Waals surface area contributed by atoms with E-state index in [0.29, 0.717) is 19.3 Å². The summed E-state index contributed by atoms with van der Waals surface area (Å²) in [5, 5.41) is 0. The van der Waals surface area contributed by atoms with Crippen LogP contribution in [0.1, 0.15) is 252 Å². The number of ether oxygens (including phenoxy) is 3. The fourth-order valence-corrected chi connectivity index (χ4v) is 7.35. The summed E-state index contributed by atoms with van der Waals surface area (Å²) < 4.78 is 16.7. The van der Waals surface area contributed by atoms with Crippen LogP contribution in [0.2, 0.25) is 0 Å². The minimum Gasteiger partial charge on any atom is -0.462 e. The Labute approximate surface area is 401 Å². The molecule has 0 rings (SSSR count). The fraction of sp³-hybridized carbons (Fsp3) is 0.712. The van der Waals surface area contributed by atoms with Crippen molar-refractivity contribution in [3.63, 3.8) is 0 Å². The van der Waals surface area contributed by atoms with E-state index in [1.165, 1.54) is 122 Å². The number of rotatable bonds is 48. The van der Waals surface area contributed by atoms with E-state index in [2.05, 4.69) is 99.8 Å². The van der Waals surface area contributed by atoms with Crippen LogP contribution in [0.3, 0.4) is 0 Å². The first-order valence-corrected chi connectivity index (χ1v) is 27.1. The van der Waals surface area contributed by atoms with Crippen LogP contribution in [0, 0.1) is 0 Å². The van der Waals surface area contributed by atoms with Gasteiger partial charge >= 0.3 is 17.9 Å². The highest BCUT2D eigenvalue weighted by molar-refractivity contribution is 5.71. The molecule has 0 spiro atoms. The van der Waals surface area contributed by atoms with Crippen molar-refractivity contribution in [3.05, 3.63) is 85.1 Å². The Morgan fingerprint density at radius 2 is 0.631 bits per heavy atom. The summed E-state index contributed by atoms with van der Waals surface area (Å²) in [4.78, 5) is 38.0. The lowest BCUT2D eigenvalue weighted by Gasteiger charge is -2.18. The standard InChI is InChI=1S/C59H100O6/c1-4-7-10-13-16-19-22-25-27-28-29-30-32-35-37-40-43-46-49-52-58(61)64-55-56(65-59(62)53-50-47-44-41-38-33-24-21-18-15-12-9-6-3)54-63-57(60)51-48-45-42-39-36-34-31-26-23-20-17-14-11-8-5-2/h7,10,16,19,25-27,29-31,35,37,43,46,56H,4-6,8-9,11-15,17-18,20-24,28,32-34,36,38-42,44-45,47-55H2,1-3H3/b10-7-,19-16-,27-25-,30-29-,31-26-,37-35-,46-43-/t56-/m0/s1. The van der Waals surface area contributed by atoms with Gasteiger partial charge in [-0.25, -0.2) is 0 Å². The van der Waals surface area contributed by atoms with Gasteiger partial charge in [0.05, 0.1) is 0 Å². The fourth-order valence-electron chi connectivity index (χ4n) is 7.35. The quantitative estimate of drug-likeness (QED) is 0.0262. The maximum absolute atomic E-state index is 12.8. The van der Waals surface area contributed by atoms with E-state index < -0.39 is 6.10 Å². The van der Waals surface area contributed by atoms with Gasteiger partial charge in [0.1, 0.15) is 13.2 Å². The summed E-state index contributed by atoms with van der Waals surface area (Å²) in [6, 6.07) is 0. The van der Waals surface area contributed by atoms with Gasteiger partial charge in [0.25, 0.3) is 0 Å². The van der Waals surface area contributed by atoms with Gasteiger partial charge in [0.15, 0.2) is 6.10 Å². The molecule has 0 fully saturated rings. The maximum atomic E-state index is 12.8. The summed E-state index contributed by atoms with van der Waals surface area (Å²) in [5.74, 6) is -0.994. The van der Waals surface area contributed by atoms with Crippen molar-refractivity contribution in [1.29, 1.82) is 0 Å². The van der Waals surface area contributed by atoms with E-state index in [1.807, 2.05) is 6.08 Å². The van der Waals surface area contributed by atoms with E-state index in [1.54, 1.807) is 0 Å². The average molecular weight is 905 g/mol. The lowest BCUT2D eigenvalue weighted by atomic mass is 10.0. The number of allylic oxidation sites excluding steroid dienone is 14. The average Bonchev–Trinajstić information content (AvgIpc) is 3.30. The normalized spacial score (nSPS) is 12.7. The Kier molecular flexibility index (Phi) is 50.4. The third kappa shape index (κ3) is 51.4. The van der Waals surface area contributed by atoms with Crippen molar-refractivity contribution < 1.29 is 28.6 Å². The Hall–Kier alpha value is -3.41. The van der Waals surface area contributed by atoms with Crippen LogP contribution in [-0.2, 0) is 28.6 Å². The zero-order valence-corrected chi connectivity index (χ0v) is 42.5.